The van der Waals surface area contributed by atoms with Crippen molar-refractivity contribution in [1.82, 2.24) is 24.5 Å². The number of nitrogens with one attached hydrogen (secondary N) is 1. The molecule has 0 fully saturated rings. The van der Waals surface area contributed by atoms with Crippen molar-refractivity contribution >= 4 is 0 Å². The van der Waals surface area contributed by atoms with Crippen LogP contribution in [0.3, 0.4) is 0 Å². The maximum Gasteiger partial charge on any atom is 0.348 e. The topological polar surface area (TPSA) is 76.5 Å². The lowest BCUT2D eigenvalue weighted by Gasteiger charge is -2.16. The first kappa shape index (κ1) is 13.4. The van der Waals surface area contributed by atoms with Crippen molar-refractivity contribution in [2.75, 3.05) is 0 Å². The number of hydrogen-bond acceptors (Lipinski definition) is 4. The summed E-state index contributed by atoms with van der Waals surface area (Å²) in [4.78, 5) is 26.8. The molecule has 0 unspecified atom stereocenters. The van der Waals surface area contributed by atoms with Crippen molar-refractivity contribution in [1.29, 1.82) is 0 Å². The van der Waals surface area contributed by atoms with E-state index in [4.69, 9.17) is 0 Å². The Morgan fingerprint density at radius 2 is 1.91 bits per heavy atom. The number of hydrogen-bond donors (Lipinski definition) is 1. The summed E-state index contributed by atoms with van der Waals surface area (Å²) in [6.45, 7) is 0.592. The zero-order valence-electron chi connectivity index (χ0n) is 12.2. The van der Waals surface area contributed by atoms with E-state index in [0.29, 0.717) is 18.2 Å². The molecular formula is C17H13N5O. The maximum atomic E-state index is 11.6. The van der Waals surface area contributed by atoms with E-state index in [1.54, 1.807) is 18.6 Å². The highest BCUT2D eigenvalue weighted by Crippen LogP contribution is 2.24. The lowest BCUT2D eigenvalue weighted by molar-refractivity contribution is 0.781. The Balaban J connectivity index is 1.93. The number of nitrogens with zero attached hydrogens (tertiary/aromatic N) is 4. The van der Waals surface area contributed by atoms with E-state index in [9.17, 15) is 4.79 Å². The van der Waals surface area contributed by atoms with Crippen LogP contribution in [0.15, 0.2) is 65.8 Å². The number of rotatable bonds is 3. The van der Waals surface area contributed by atoms with Gasteiger partial charge in [-0.1, -0.05) is 30.3 Å². The van der Waals surface area contributed by atoms with Crippen molar-refractivity contribution < 1.29 is 0 Å². The van der Waals surface area contributed by atoms with Gasteiger partial charge in [-0.2, -0.15) is 4.98 Å². The van der Waals surface area contributed by atoms with E-state index < -0.39 is 5.69 Å². The summed E-state index contributed by atoms with van der Waals surface area (Å²) in [6, 6.07) is 13.9. The molecule has 1 aromatic heterocycles. The fraction of sp³-hybridized carbons (Fsp3) is 0.0588. The summed E-state index contributed by atoms with van der Waals surface area (Å²) < 4.78 is 1.98. The number of pyridine rings is 1. The van der Waals surface area contributed by atoms with E-state index in [0.717, 1.165) is 16.8 Å². The van der Waals surface area contributed by atoms with Crippen molar-refractivity contribution in [3.8, 4) is 22.9 Å². The Hall–Kier alpha value is -3.28. The molecule has 6 heteroatoms. The smallest absolute Gasteiger partial charge is 0.317 e. The molecule has 2 aliphatic rings. The van der Waals surface area contributed by atoms with E-state index in [-0.39, 0.29) is 0 Å². The van der Waals surface area contributed by atoms with Gasteiger partial charge in [0.15, 0.2) is 11.6 Å². The van der Waals surface area contributed by atoms with Gasteiger partial charge in [0.25, 0.3) is 0 Å². The maximum absolute atomic E-state index is 11.6. The van der Waals surface area contributed by atoms with E-state index in [1.165, 1.54) is 0 Å². The van der Waals surface area contributed by atoms with Gasteiger partial charge in [-0.05, 0) is 17.7 Å². The quantitative estimate of drug-likeness (QED) is 0.629. The number of aromatic nitrogens is 5. The van der Waals surface area contributed by atoms with Gasteiger partial charge in [0.1, 0.15) is 0 Å². The number of H-pyrrole nitrogens is 1. The molecule has 3 heterocycles. The Labute approximate surface area is 131 Å². The molecule has 1 N–H and O–H groups in total. The molecule has 2 aromatic rings. The average Bonchev–Trinajstić information content (AvgIpc) is 2.98. The zero-order chi connectivity index (χ0) is 15.6. The molecule has 0 saturated carbocycles. The highest BCUT2D eigenvalue weighted by Gasteiger charge is 2.17. The van der Waals surface area contributed by atoms with Crippen LogP contribution in [0.25, 0.3) is 22.9 Å². The Morgan fingerprint density at radius 1 is 1.04 bits per heavy atom. The van der Waals surface area contributed by atoms with Gasteiger partial charge in [-0.25, -0.2) is 9.78 Å². The number of fused-ring (bicyclic) bond motifs is 1. The fourth-order valence-electron chi connectivity index (χ4n) is 2.59. The minimum Gasteiger partial charge on any atom is -0.317 e. The SMILES string of the molecule is O=c1nc2n(Cc3ccccc3)c(-c3cccnc3)cnc-2[nH]1. The van der Waals surface area contributed by atoms with E-state index >= 15 is 0 Å². The monoisotopic (exact) mass is 303 g/mol. The summed E-state index contributed by atoms with van der Waals surface area (Å²) >= 11 is 0. The van der Waals surface area contributed by atoms with Crippen LogP contribution in [0.1, 0.15) is 5.56 Å². The summed E-state index contributed by atoms with van der Waals surface area (Å²) in [5.74, 6) is 1.03. The number of imidazole rings is 1. The first-order valence-corrected chi connectivity index (χ1v) is 7.21. The average molecular weight is 303 g/mol. The number of aromatic amines is 1. The van der Waals surface area contributed by atoms with Crippen LogP contribution >= 0.6 is 0 Å². The normalized spacial score (nSPS) is 11.0. The molecule has 4 rings (SSSR count). The molecule has 0 bridgehead atoms. The van der Waals surface area contributed by atoms with Gasteiger partial charge in [0.2, 0.25) is 0 Å². The second kappa shape index (κ2) is 5.49. The molecule has 23 heavy (non-hydrogen) atoms. The predicted octanol–water partition coefficient (Wildman–Crippen LogP) is 2.18. The summed E-state index contributed by atoms with van der Waals surface area (Å²) in [5, 5.41) is 0. The summed E-state index contributed by atoms with van der Waals surface area (Å²) in [5.41, 5.74) is 2.51. The van der Waals surface area contributed by atoms with Crippen LogP contribution in [-0.2, 0) is 6.54 Å². The van der Waals surface area contributed by atoms with Gasteiger partial charge in [-0.3, -0.25) is 9.97 Å². The minimum absolute atomic E-state index is 0.391. The van der Waals surface area contributed by atoms with Gasteiger partial charge in [-0.15, -0.1) is 0 Å². The van der Waals surface area contributed by atoms with Crippen LogP contribution < -0.4 is 5.69 Å². The zero-order valence-corrected chi connectivity index (χ0v) is 12.2. The van der Waals surface area contributed by atoms with Crippen LogP contribution in [0.5, 0.6) is 0 Å². The first-order valence-electron chi connectivity index (χ1n) is 7.21. The second-order valence-corrected chi connectivity index (χ2v) is 5.17. The van der Waals surface area contributed by atoms with Crippen molar-refractivity contribution in [3.63, 3.8) is 0 Å². The van der Waals surface area contributed by atoms with E-state index in [1.807, 2.05) is 47.0 Å². The molecule has 0 spiro atoms. The predicted molar refractivity (Wildman–Crippen MR) is 86.0 cm³/mol. The van der Waals surface area contributed by atoms with E-state index in [2.05, 4.69) is 19.9 Å². The highest BCUT2D eigenvalue weighted by molar-refractivity contribution is 5.62. The third-order valence-corrected chi connectivity index (χ3v) is 3.65. The van der Waals surface area contributed by atoms with Crippen LogP contribution in [0.4, 0.5) is 0 Å². The Kier molecular flexibility index (Phi) is 3.20. The molecule has 0 radical (unpaired) electrons. The van der Waals surface area contributed by atoms with Crippen LogP contribution in [0, 0.1) is 0 Å². The Bertz CT molecular complexity index is 959. The largest absolute Gasteiger partial charge is 0.348 e. The highest BCUT2D eigenvalue weighted by atomic mass is 16.1. The molecule has 0 saturated heterocycles. The summed E-state index contributed by atoms with van der Waals surface area (Å²) in [6.07, 6.45) is 5.23. The van der Waals surface area contributed by atoms with Gasteiger partial charge in [0.05, 0.1) is 11.9 Å². The number of benzene rings is 1. The minimum atomic E-state index is -0.391. The molecule has 0 atom stereocenters. The molecule has 0 amide bonds. The van der Waals surface area contributed by atoms with Gasteiger partial charge in [0, 0.05) is 24.5 Å². The lowest BCUT2D eigenvalue weighted by atomic mass is 10.1. The van der Waals surface area contributed by atoms with Gasteiger partial charge < -0.3 is 4.57 Å². The van der Waals surface area contributed by atoms with Crippen molar-refractivity contribution in [2.45, 2.75) is 6.54 Å². The molecular weight excluding hydrogens is 290 g/mol. The second-order valence-electron chi connectivity index (χ2n) is 5.17. The molecule has 2 aliphatic heterocycles. The fourth-order valence-corrected chi connectivity index (χ4v) is 2.59. The van der Waals surface area contributed by atoms with Crippen LogP contribution in [-0.4, -0.2) is 24.5 Å². The molecule has 112 valence electrons. The van der Waals surface area contributed by atoms with Crippen LogP contribution in [0.2, 0.25) is 0 Å². The standard InChI is InChI=1S/C17H13N5O/c23-17-20-15-16(21-17)22(11-12-5-2-1-3-6-12)14(10-19-15)13-7-4-8-18-9-13/h1-10H,11H2,(H,19,20,23). The van der Waals surface area contributed by atoms with Gasteiger partial charge >= 0.3 is 5.69 Å². The molecule has 0 aliphatic carbocycles. The molecule has 6 nitrogen and oxygen atoms in total. The third kappa shape index (κ3) is 2.50. The molecule has 1 aromatic carbocycles. The lowest BCUT2D eigenvalue weighted by Crippen LogP contribution is -2.10. The van der Waals surface area contributed by atoms with Crippen molar-refractivity contribution in [2.24, 2.45) is 0 Å². The third-order valence-electron chi connectivity index (χ3n) is 3.65. The van der Waals surface area contributed by atoms with Crippen molar-refractivity contribution in [3.05, 3.63) is 77.1 Å². The summed E-state index contributed by atoms with van der Waals surface area (Å²) in [7, 11) is 0. The Morgan fingerprint density at radius 3 is 2.70 bits per heavy atom. The first-order chi connectivity index (χ1) is 11.3.